The summed E-state index contributed by atoms with van der Waals surface area (Å²) < 4.78 is 40.2. The van der Waals surface area contributed by atoms with E-state index in [9.17, 15) is 48.3 Å². The number of hydrogen-bond donors (Lipinski definition) is 6. The molecule has 4 atom stereocenters. The summed E-state index contributed by atoms with van der Waals surface area (Å²) in [7, 11) is 0. The van der Waals surface area contributed by atoms with Crippen molar-refractivity contribution in [2.45, 2.75) is 62.3 Å². The smallest absolute Gasteiger partial charge is 0.416 e. The number of aromatic hydroxyl groups is 2. The Morgan fingerprint density at radius 2 is 1.83 bits per heavy atom. The molecular formula is C30H31F3N2O7. The molecule has 0 spiro atoms. The summed E-state index contributed by atoms with van der Waals surface area (Å²) in [5, 5.41) is 57.4. The molecule has 9 nitrogen and oxygen atoms in total. The van der Waals surface area contributed by atoms with Gasteiger partial charge in [-0.1, -0.05) is 13.0 Å². The average molecular weight is 589 g/mol. The van der Waals surface area contributed by atoms with Gasteiger partial charge >= 0.3 is 12.1 Å². The number of likely N-dealkylation sites (tertiary alicyclic amines) is 1. The average Bonchev–Trinajstić information content (AvgIpc) is 3.73. The molecule has 0 unspecified atom stereocenters. The van der Waals surface area contributed by atoms with Crippen LogP contribution in [0.1, 0.15) is 59.7 Å². The first kappa shape index (κ1) is 28.4. The molecule has 2 fully saturated rings. The number of carbonyl (C=O) groups is 2. The van der Waals surface area contributed by atoms with Crippen LogP contribution in [0.5, 0.6) is 11.5 Å². The summed E-state index contributed by atoms with van der Waals surface area (Å²) >= 11 is 0. The standard InChI is InChI=1S/C30H31F3N2O7/c1-14-24(37)19(26(39)34-20-11-17(30(31,32)33)5-6-18(20)27(40)41)12-29(42)22-10-16-4-7-21(36)25(38)23(16)28(14,29)8-9-35(22)13-15-2-3-15/h4-7,11,14-15,22,36-38,42H,2-3,8-10,12-13H2,1H3,(H,34,39)(H,40,41)/t14-,22+,28+,29+/m0/s1. The molecule has 6 N–H and O–H groups in total. The van der Waals surface area contributed by atoms with Gasteiger partial charge in [-0.2, -0.15) is 13.2 Å². The molecule has 2 aromatic rings. The van der Waals surface area contributed by atoms with Crippen LogP contribution in [0.4, 0.5) is 18.9 Å². The molecule has 3 aliphatic carbocycles. The highest BCUT2D eigenvalue weighted by Gasteiger charge is 2.69. The first-order valence-electron chi connectivity index (χ1n) is 13.9. The van der Waals surface area contributed by atoms with Gasteiger partial charge in [0.05, 0.1) is 28.0 Å². The molecule has 2 aromatic carbocycles. The van der Waals surface area contributed by atoms with Crippen LogP contribution < -0.4 is 5.32 Å². The second-order valence-corrected chi connectivity index (χ2v) is 12.1. The summed E-state index contributed by atoms with van der Waals surface area (Å²) in [5.41, 5.74) is -4.61. The number of anilines is 1. The summed E-state index contributed by atoms with van der Waals surface area (Å²) in [6.45, 7) is 2.87. The van der Waals surface area contributed by atoms with E-state index < -0.39 is 75.8 Å². The Labute approximate surface area is 238 Å². The summed E-state index contributed by atoms with van der Waals surface area (Å²) in [5.74, 6) is -4.28. The number of carboxylic acids is 1. The number of nitrogens with one attached hydrogen (secondary N) is 1. The van der Waals surface area contributed by atoms with Crippen molar-refractivity contribution in [2.75, 3.05) is 18.4 Å². The van der Waals surface area contributed by atoms with Gasteiger partial charge in [-0.3, -0.25) is 9.69 Å². The van der Waals surface area contributed by atoms with Crippen LogP contribution >= 0.6 is 0 Å². The second kappa shape index (κ2) is 9.37. The van der Waals surface area contributed by atoms with Gasteiger partial charge in [0.25, 0.3) is 5.91 Å². The Bertz CT molecular complexity index is 1540. The molecule has 0 aromatic heterocycles. The number of nitrogens with zero attached hydrogens (tertiary/aromatic N) is 1. The van der Waals surface area contributed by atoms with Gasteiger partial charge in [-0.15, -0.1) is 0 Å². The zero-order valence-electron chi connectivity index (χ0n) is 22.7. The number of carboxylic acid groups (broad SMARTS) is 1. The number of allylic oxidation sites excluding steroid dienone is 1. The number of halogens is 3. The fraction of sp³-hybridized carbons (Fsp3) is 0.467. The van der Waals surface area contributed by atoms with Crippen molar-refractivity contribution in [3.8, 4) is 11.5 Å². The molecule has 4 aliphatic rings. The molecule has 2 bridgehead atoms. The number of hydrogen-bond acceptors (Lipinski definition) is 7. The lowest BCUT2D eigenvalue weighted by molar-refractivity contribution is -0.171. The topological polar surface area (TPSA) is 151 Å². The minimum atomic E-state index is -4.80. The summed E-state index contributed by atoms with van der Waals surface area (Å²) in [6.07, 6.45) is -2.49. The van der Waals surface area contributed by atoms with Crippen molar-refractivity contribution >= 4 is 17.6 Å². The van der Waals surface area contributed by atoms with E-state index in [1.54, 1.807) is 13.0 Å². The maximum atomic E-state index is 13.6. The third-order valence-corrected chi connectivity index (χ3v) is 9.85. The summed E-state index contributed by atoms with van der Waals surface area (Å²) in [4.78, 5) is 27.5. The number of phenols is 2. The van der Waals surface area contributed by atoms with Crippen LogP contribution in [0, 0.1) is 11.8 Å². The molecule has 1 saturated carbocycles. The SMILES string of the molecule is C[C@H]1C(O)=C(C(=O)Nc2cc(C(F)(F)F)ccc2C(=O)O)C[C@@]2(O)[C@H]3Cc4ccc(O)c(O)c4[C@@]12CCN3CC1CC1. The molecule has 224 valence electrons. The number of aliphatic hydroxyl groups excluding tert-OH is 1. The van der Waals surface area contributed by atoms with E-state index >= 15 is 0 Å². The Morgan fingerprint density at radius 1 is 1.12 bits per heavy atom. The number of phenolic OH excluding ortho intramolecular Hbond substituents is 2. The first-order chi connectivity index (χ1) is 19.7. The lowest BCUT2D eigenvalue weighted by Gasteiger charge is -2.65. The van der Waals surface area contributed by atoms with E-state index in [2.05, 4.69) is 10.2 Å². The number of aromatic carboxylic acids is 1. The minimum absolute atomic E-state index is 0.282. The van der Waals surface area contributed by atoms with Gasteiger partial charge in [0.2, 0.25) is 0 Å². The molecule has 12 heteroatoms. The quantitative estimate of drug-likeness (QED) is 0.283. The van der Waals surface area contributed by atoms with Crippen LogP contribution in [0.2, 0.25) is 0 Å². The highest BCUT2D eigenvalue weighted by molar-refractivity contribution is 6.08. The molecule has 1 amide bonds. The van der Waals surface area contributed by atoms with Crippen molar-refractivity contribution in [1.29, 1.82) is 0 Å². The maximum Gasteiger partial charge on any atom is 0.416 e. The number of benzene rings is 2. The normalized spacial score (nSPS) is 29.1. The Morgan fingerprint density at radius 3 is 2.48 bits per heavy atom. The number of alkyl halides is 3. The van der Waals surface area contributed by atoms with E-state index in [4.69, 9.17) is 0 Å². The maximum absolute atomic E-state index is 13.6. The van der Waals surface area contributed by atoms with E-state index in [-0.39, 0.29) is 11.3 Å². The van der Waals surface area contributed by atoms with Crippen LogP contribution in [-0.4, -0.2) is 67.0 Å². The van der Waals surface area contributed by atoms with E-state index in [1.807, 2.05) is 0 Å². The predicted octanol–water partition coefficient (Wildman–Crippen LogP) is 4.31. The number of amides is 1. The fourth-order valence-electron chi connectivity index (χ4n) is 7.62. The largest absolute Gasteiger partial charge is 0.512 e. The minimum Gasteiger partial charge on any atom is -0.512 e. The third-order valence-electron chi connectivity index (χ3n) is 9.85. The van der Waals surface area contributed by atoms with Gasteiger partial charge in [-0.05, 0) is 68.0 Å². The molecule has 42 heavy (non-hydrogen) atoms. The van der Waals surface area contributed by atoms with Crippen molar-refractivity contribution in [1.82, 2.24) is 4.90 Å². The van der Waals surface area contributed by atoms with Crippen molar-refractivity contribution in [3.05, 3.63) is 63.9 Å². The highest BCUT2D eigenvalue weighted by Crippen LogP contribution is 2.64. The Balaban J connectivity index is 1.46. The zero-order chi connectivity index (χ0) is 30.4. The highest BCUT2D eigenvalue weighted by atomic mass is 19.4. The number of aliphatic hydroxyl groups is 2. The first-order valence-corrected chi connectivity index (χ1v) is 13.9. The molecular weight excluding hydrogens is 557 g/mol. The molecule has 1 heterocycles. The molecule has 1 saturated heterocycles. The Hall–Kier alpha value is -3.77. The van der Waals surface area contributed by atoms with Gasteiger partial charge in [0.15, 0.2) is 11.5 Å². The lowest BCUT2D eigenvalue weighted by Crippen LogP contribution is -2.75. The van der Waals surface area contributed by atoms with Crippen LogP contribution in [-0.2, 0) is 22.8 Å². The van der Waals surface area contributed by atoms with E-state index in [1.165, 1.54) is 6.07 Å². The van der Waals surface area contributed by atoms with Gasteiger partial charge < -0.3 is 30.8 Å². The van der Waals surface area contributed by atoms with E-state index in [0.717, 1.165) is 25.5 Å². The molecule has 1 aliphatic heterocycles. The van der Waals surface area contributed by atoms with Gasteiger partial charge in [0.1, 0.15) is 5.76 Å². The van der Waals surface area contributed by atoms with Crippen molar-refractivity contribution in [2.24, 2.45) is 11.8 Å². The summed E-state index contributed by atoms with van der Waals surface area (Å²) in [6, 6.07) is 4.41. The lowest BCUT2D eigenvalue weighted by atomic mass is 9.46. The van der Waals surface area contributed by atoms with Crippen molar-refractivity contribution < 1.29 is 48.3 Å². The number of rotatable bonds is 5. The number of carbonyl (C=O) groups excluding carboxylic acids is 1. The zero-order valence-corrected chi connectivity index (χ0v) is 22.7. The van der Waals surface area contributed by atoms with Crippen LogP contribution in [0.15, 0.2) is 41.7 Å². The van der Waals surface area contributed by atoms with Crippen molar-refractivity contribution in [3.63, 3.8) is 0 Å². The Kier molecular flexibility index (Phi) is 6.32. The second-order valence-electron chi connectivity index (χ2n) is 12.1. The van der Waals surface area contributed by atoms with Gasteiger partial charge in [-0.25, -0.2) is 4.79 Å². The van der Waals surface area contributed by atoms with Crippen LogP contribution in [0.25, 0.3) is 0 Å². The third kappa shape index (κ3) is 4.06. The number of piperidine rings is 1. The van der Waals surface area contributed by atoms with Gasteiger partial charge in [0, 0.05) is 35.9 Å². The van der Waals surface area contributed by atoms with E-state index in [0.29, 0.717) is 48.6 Å². The monoisotopic (exact) mass is 588 g/mol. The fourth-order valence-corrected chi connectivity index (χ4v) is 7.62. The predicted molar refractivity (Wildman–Crippen MR) is 143 cm³/mol. The van der Waals surface area contributed by atoms with Crippen LogP contribution in [0.3, 0.4) is 0 Å². The molecule has 0 radical (unpaired) electrons. The molecule has 6 rings (SSSR count). The number of fused-ring (bicyclic) bond motifs is 1.